The molecule has 1 saturated heterocycles. The molecule has 0 spiro atoms. The van der Waals surface area contributed by atoms with E-state index in [1.54, 1.807) is 0 Å². The lowest BCUT2D eigenvalue weighted by molar-refractivity contribution is -0.303. The van der Waals surface area contributed by atoms with Crippen molar-refractivity contribution in [3.8, 4) is 0 Å². The summed E-state index contributed by atoms with van der Waals surface area (Å²) in [5.41, 5.74) is 0. The van der Waals surface area contributed by atoms with E-state index in [-0.39, 0.29) is 6.42 Å². The molecular formula is C43H85NO10. The molecule has 0 saturated carbocycles. The molecular weight excluding hydrogens is 690 g/mol. The van der Waals surface area contributed by atoms with Crippen molar-refractivity contribution in [2.24, 2.45) is 0 Å². The van der Waals surface area contributed by atoms with Gasteiger partial charge in [-0.05, 0) is 12.8 Å². The van der Waals surface area contributed by atoms with E-state index in [4.69, 9.17) is 9.47 Å². The molecule has 0 aromatic heterocycles. The second-order valence-corrected chi connectivity index (χ2v) is 16.1. The van der Waals surface area contributed by atoms with Crippen LogP contribution in [0.5, 0.6) is 0 Å². The van der Waals surface area contributed by atoms with Crippen LogP contribution in [0.3, 0.4) is 0 Å². The first kappa shape index (κ1) is 51.1. The summed E-state index contributed by atoms with van der Waals surface area (Å²) in [7, 11) is 0. The molecule has 1 heterocycles. The molecule has 54 heavy (non-hydrogen) atoms. The first-order valence-corrected chi connectivity index (χ1v) is 22.4. The largest absolute Gasteiger partial charge is 0.394 e. The topological polar surface area (TPSA) is 189 Å². The van der Waals surface area contributed by atoms with Crippen molar-refractivity contribution >= 4 is 5.91 Å². The minimum atomic E-state index is -1.65. The number of carbonyl (C=O) groups excluding carboxylic acids is 1. The van der Waals surface area contributed by atoms with Crippen LogP contribution in [0.25, 0.3) is 0 Å². The van der Waals surface area contributed by atoms with Crippen LogP contribution in [0.2, 0.25) is 0 Å². The van der Waals surface area contributed by atoms with Gasteiger partial charge in [0.15, 0.2) is 6.29 Å². The Morgan fingerprint density at radius 1 is 0.574 bits per heavy atom. The van der Waals surface area contributed by atoms with Crippen LogP contribution in [-0.2, 0) is 14.3 Å². The second-order valence-electron chi connectivity index (χ2n) is 16.1. The molecule has 1 aliphatic heterocycles. The van der Waals surface area contributed by atoms with Gasteiger partial charge < -0.3 is 50.5 Å². The third-order valence-corrected chi connectivity index (χ3v) is 11.2. The molecule has 0 bridgehead atoms. The highest BCUT2D eigenvalue weighted by molar-refractivity contribution is 5.80. The number of nitrogens with one attached hydrogen (secondary N) is 1. The Hall–Kier alpha value is -0.890. The number of aliphatic hydroxyl groups excluding tert-OH is 7. The summed E-state index contributed by atoms with van der Waals surface area (Å²) in [5.74, 6) is -0.696. The number of unbranched alkanes of at least 4 members (excludes halogenated alkanes) is 25. The van der Waals surface area contributed by atoms with E-state index in [1.165, 1.54) is 122 Å². The van der Waals surface area contributed by atoms with Crippen molar-refractivity contribution in [3.63, 3.8) is 0 Å². The highest BCUT2D eigenvalue weighted by Crippen LogP contribution is 2.23. The number of hydrogen-bond donors (Lipinski definition) is 8. The smallest absolute Gasteiger partial charge is 0.249 e. The van der Waals surface area contributed by atoms with E-state index < -0.39 is 74.2 Å². The molecule has 9 atom stereocenters. The summed E-state index contributed by atoms with van der Waals surface area (Å²) < 4.78 is 11.1. The van der Waals surface area contributed by atoms with Crippen LogP contribution in [0.15, 0.2) is 0 Å². The number of carbonyl (C=O) groups is 1. The van der Waals surface area contributed by atoms with Crippen molar-refractivity contribution in [2.75, 3.05) is 13.2 Å². The number of hydrogen-bond acceptors (Lipinski definition) is 10. The average molecular weight is 776 g/mol. The predicted molar refractivity (Wildman–Crippen MR) is 215 cm³/mol. The van der Waals surface area contributed by atoms with Gasteiger partial charge in [-0.3, -0.25) is 4.79 Å². The number of ether oxygens (including phenoxy) is 2. The maximum Gasteiger partial charge on any atom is 0.249 e. The maximum atomic E-state index is 13.0. The first-order chi connectivity index (χ1) is 26.2. The van der Waals surface area contributed by atoms with Gasteiger partial charge in [-0.15, -0.1) is 0 Å². The zero-order valence-corrected chi connectivity index (χ0v) is 34.5. The number of amides is 1. The van der Waals surface area contributed by atoms with Crippen LogP contribution in [0.1, 0.15) is 200 Å². The lowest BCUT2D eigenvalue weighted by atomic mass is 9.98. The molecule has 1 rings (SSSR count). The predicted octanol–water partition coefficient (Wildman–Crippen LogP) is 6.72. The number of rotatable bonds is 37. The van der Waals surface area contributed by atoms with Gasteiger partial charge in [0.2, 0.25) is 5.91 Å². The zero-order valence-electron chi connectivity index (χ0n) is 34.5. The van der Waals surface area contributed by atoms with E-state index in [1.807, 2.05) is 0 Å². The quantitative estimate of drug-likeness (QED) is 0.0315. The third-order valence-electron chi connectivity index (χ3n) is 11.2. The van der Waals surface area contributed by atoms with E-state index in [9.17, 15) is 40.5 Å². The SMILES string of the molecule is CCCCCCCCCCCCCCCCCCC(O)C(O)C(COC1OC(CO)C(O)C(O)C1O)NC(=O)C(O)CCCCCCCCCCCCC. The van der Waals surface area contributed by atoms with E-state index in [0.29, 0.717) is 19.3 Å². The van der Waals surface area contributed by atoms with Gasteiger partial charge in [0.1, 0.15) is 36.6 Å². The molecule has 8 N–H and O–H groups in total. The normalized spacial score (nSPS) is 22.6. The third kappa shape index (κ3) is 24.0. The van der Waals surface area contributed by atoms with E-state index >= 15 is 0 Å². The van der Waals surface area contributed by atoms with Gasteiger partial charge in [-0.25, -0.2) is 0 Å². The van der Waals surface area contributed by atoms with Gasteiger partial charge in [-0.2, -0.15) is 0 Å². The van der Waals surface area contributed by atoms with Crippen molar-refractivity contribution < 1.29 is 50.0 Å². The standard InChI is InChI=1S/C43H85NO10/c1-3-5-7-9-11-13-15-16-17-18-19-21-22-24-26-28-30-35(46)38(48)34(33-53-43-41(51)40(50)39(49)37(32-45)54-43)44-42(52)36(47)31-29-27-25-23-20-14-12-10-8-6-4-2/h34-41,43,45-51H,3-33H2,1-2H3,(H,44,52). The fourth-order valence-corrected chi connectivity index (χ4v) is 7.38. The summed E-state index contributed by atoms with van der Waals surface area (Å²) >= 11 is 0. The molecule has 0 radical (unpaired) electrons. The van der Waals surface area contributed by atoms with Crippen molar-refractivity contribution in [2.45, 2.75) is 255 Å². The Balaban J connectivity index is 2.47. The van der Waals surface area contributed by atoms with Crippen molar-refractivity contribution in [1.82, 2.24) is 5.32 Å². The van der Waals surface area contributed by atoms with Crippen LogP contribution < -0.4 is 5.32 Å². The Labute approximate surface area is 329 Å². The summed E-state index contributed by atoms with van der Waals surface area (Å²) in [5, 5.41) is 75.5. The van der Waals surface area contributed by atoms with Crippen LogP contribution in [0.4, 0.5) is 0 Å². The molecule has 0 aliphatic carbocycles. The van der Waals surface area contributed by atoms with Gasteiger partial charge in [0, 0.05) is 0 Å². The highest BCUT2D eigenvalue weighted by atomic mass is 16.7. The molecule has 322 valence electrons. The summed E-state index contributed by atoms with van der Waals surface area (Å²) in [4.78, 5) is 13.0. The van der Waals surface area contributed by atoms with Gasteiger partial charge >= 0.3 is 0 Å². The van der Waals surface area contributed by atoms with E-state index in [2.05, 4.69) is 19.2 Å². The zero-order chi connectivity index (χ0) is 39.8. The van der Waals surface area contributed by atoms with Gasteiger partial charge in [-0.1, -0.05) is 187 Å². The maximum absolute atomic E-state index is 13.0. The Bertz CT molecular complexity index is 851. The fraction of sp³-hybridized carbons (Fsp3) is 0.977. The first-order valence-electron chi connectivity index (χ1n) is 22.4. The van der Waals surface area contributed by atoms with Crippen molar-refractivity contribution in [3.05, 3.63) is 0 Å². The Morgan fingerprint density at radius 2 is 0.963 bits per heavy atom. The Morgan fingerprint density at radius 3 is 1.37 bits per heavy atom. The van der Waals surface area contributed by atoms with Crippen LogP contribution in [0, 0.1) is 0 Å². The van der Waals surface area contributed by atoms with E-state index in [0.717, 1.165) is 38.5 Å². The van der Waals surface area contributed by atoms with Crippen LogP contribution >= 0.6 is 0 Å². The minimum Gasteiger partial charge on any atom is -0.394 e. The lowest BCUT2D eigenvalue weighted by Gasteiger charge is -2.40. The Kier molecular flexibility index (Phi) is 32.4. The highest BCUT2D eigenvalue weighted by Gasteiger charge is 2.44. The summed E-state index contributed by atoms with van der Waals surface area (Å²) in [6.45, 7) is 3.43. The molecule has 1 fully saturated rings. The van der Waals surface area contributed by atoms with Gasteiger partial charge in [0.25, 0.3) is 0 Å². The molecule has 1 amide bonds. The molecule has 0 aromatic carbocycles. The minimum absolute atomic E-state index is 0.265. The van der Waals surface area contributed by atoms with Crippen molar-refractivity contribution in [1.29, 1.82) is 0 Å². The second kappa shape index (κ2) is 34.2. The fourth-order valence-electron chi connectivity index (χ4n) is 7.38. The average Bonchev–Trinajstić information content (AvgIpc) is 3.17. The molecule has 1 aliphatic rings. The number of aliphatic hydroxyl groups is 7. The molecule has 0 aromatic rings. The van der Waals surface area contributed by atoms with Crippen LogP contribution in [-0.4, -0.2) is 110 Å². The summed E-state index contributed by atoms with van der Waals surface area (Å²) in [6, 6.07) is -1.16. The molecule has 11 nitrogen and oxygen atoms in total. The molecule has 9 unspecified atom stereocenters. The van der Waals surface area contributed by atoms with Gasteiger partial charge in [0.05, 0.1) is 25.4 Å². The lowest BCUT2D eigenvalue weighted by Crippen LogP contribution is -2.60. The molecule has 11 heteroatoms. The monoisotopic (exact) mass is 776 g/mol. The summed E-state index contributed by atoms with van der Waals surface area (Å²) in [6.07, 6.45) is 21.5.